The maximum Gasteiger partial charge on any atom is 0.335 e. The van der Waals surface area contributed by atoms with E-state index in [0.29, 0.717) is 5.92 Å². The monoisotopic (exact) mass is 264 g/mol. The summed E-state index contributed by atoms with van der Waals surface area (Å²) in [5, 5.41) is 23.9. The molecule has 0 atom stereocenters. The summed E-state index contributed by atoms with van der Waals surface area (Å²) in [6.07, 6.45) is 2.41. The summed E-state index contributed by atoms with van der Waals surface area (Å²) in [6.45, 7) is 0.960. The van der Waals surface area contributed by atoms with E-state index in [1.54, 1.807) is 0 Å². The normalized spacial score (nSPS) is 14.1. The van der Waals surface area contributed by atoms with Crippen LogP contribution in [0.25, 0.3) is 0 Å². The number of anilines is 1. The summed E-state index contributed by atoms with van der Waals surface area (Å²) in [5.74, 6) is -0.891. The van der Waals surface area contributed by atoms with Crippen molar-refractivity contribution in [2.24, 2.45) is 5.92 Å². The third-order valence-electron chi connectivity index (χ3n) is 2.93. The minimum Gasteiger partial charge on any atom is -0.506 e. The maximum atomic E-state index is 11.6. The van der Waals surface area contributed by atoms with Gasteiger partial charge in [-0.2, -0.15) is 0 Å². The molecule has 1 aromatic rings. The molecule has 0 heterocycles. The van der Waals surface area contributed by atoms with Gasteiger partial charge in [-0.05, 0) is 43.5 Å². The number of carboxylic acids is 1. The second kappa shape index (κ2) is 5.71. The summed E-state index contributed by atoms with van der Waals surface area (Å²) in [5.41, 5.74) is 0.122. The first kappa shape index (κ1) is 13.4. The molecule has 102 valence electrons. The van der Waals surface area contributed by atoms with Crippen LogP contribution >= 0.6 is 0 Å². The molecule has 0 spiro atoms. The van der Waals surface area contributed by atoms with Crippen molar-refractivity contribution in [1.82, 2.24) is 5.32 Å². The van der Waals surface area contributed by atoms with E-state index in [-0.39, 0.29) is 29.5 Å². The van der Waals surface area contributed by atoms with Crippen molar-refractivity contribution in [3.05, 3.63) is 23.8 Å². The Hall–Kier alpha value is -2.08. The second-order valence-electron chi connectivity index (χ2n) is 4.66. The van der Waals surface area contributed by atoms with Gasteiger partial charge in [0.2, 0.25) is 5.91 Å². The average molecular weight is 264 g/mol. The second-order valence-corrected chi connectivity index (χ2v) is 4.66. The molecular formula is C13H16N2O4. The van der Waals surface area contributed by atoms with E-state index in [1.807, 2.05) is 0 Å². The predicted octanol–water partition coefficient (Wildman–Crippen LogP) is 1.03. The lowest BCUT2D eigenvalue weighted by molar-refractivity contribution is -0.115. The summed E-state index contributed by atoms with van der Waals surface area (Å²) >= 11 is 0. The quantitative estimate of drug-likeness (QED) is 0.575. The molecular weight excluding hydrogens is 248 g/mol. The zero-order valence-corrected chi connectivity index (χ0v) is 10.3. The fourth-order valence-electron chi connectivity index (χ4n) is 1.68. The van der Waals surface area contributed by atoms with E-state index < -0.39 is 5.97 Å². The third kappa shape index (κ3) is 3.96. The van der Waals surface area contributed by atoms with Crippen LogP contribution in [0.1, 0.15) is 23.2 Å². The van der Waals surface area contributed by atoms with Crippen molar-refractivity contribution in [2.45, 2.75) is 12.8 Å². The largest absolute Gasteiger partial charge is 0.506 e. The summed E-state index contributed by atoms with van der Waals surface area (Å²) in [7, 11) is 0. The summed E-state index contributed by atoms with van der Waals surface area (Å²) in [6, 6.07) is 3.76. The van der Waals surface area contributed by atoms with Crippen molar-refractivity contribution >= 4 is 17.6 Å². The van der Waals surface area contributed by atoms with Crippen LogP contribution in [0, 0.1) is 5.92 Å². The first-order valence-electron chi connectivity index (χ1n) is 6.13. The van der Waals surface area contributed by atoms with Crippen LogP contribution in [0.15, 0.2) is 18.2 Å². The Balaban J connectivity index is 1.90. The molecule has 1 saturated carbocycles. The molecule has 0 unspecified atom stereocenters. The molecule has 19 heavy (non-hydrogen) atoms. The molecule has 6 nitrogen and oxygen atoms in total. The van der Waals surface area contributed by atoms with Gasteiger partial charge in [-0.25, -0.2) is 4.79 Å². The third-order valence-corrected chi connectivity index (χ3v) is 2.93. The van der Waals surface area contributed by atoms with Gasteiger partial charge >= 0.3 is 5.97 Å². The van der Waals surface area contributed by atoms with Crippen LogP contribution in [-0.2, 0) is 4.79 Å². The van der Waals surface area contributed by atoms with Crippen LogP contribution in [0.2, 0.25) is 0 Å². The number of amides is 1. The smallest absolute Gasteiger partial charge is 0.335 e. The van der Waals surface area contributed by atoms with E-state index in [4.69, 9.17) is 5.11 Å². The van der Waals surface area contributed by atoms with E-state index in [1.165, 1.54) is 31.0 Å². The summed E-state index contributed by atoms with van der Waals surface area (Å²) in [4.78, 5) is 22.4. The van der Waals surface area contributed by atoms with Crippen LogP contribution in [0.4, 0.5) is 5.69 Å². The van der Waals surface area contributed by atoms with Crippen molar-refractivity contribution in [3.8, 4) is 5.75 Å². The topological polar surface area (TPSA) is 98.7 Å². The highest BCUT2D eigenvalue weighted by Crippen LogP contribution is 2.27. The molecule has 1 aliphatic carbocycles. The van der Waals surface area contributed by atoms with Gasteiger partial charge in [-0.3, -0.25) is 4.79 Å². The summed E-state index contributed by atoms with van der Waals surface area (Å²) < 4.78 is 0. The van der Waals surface area contributed by atoms with E-state index in [9.17, 15) is 14.7 Å². The minimum absolute atomic E-state index is 0.0130. The van der Waals surface area contributed by atoms with E-state index >= 15 is 0 Å². The molecule has 1 aromatic carbocycles. The maximum absolute atomic E-state index is 11.6. The standard InChI is InChI=1S/C13H16N2O4/c16-11-4-3-9(13(18)19)5-10(11)15-12(17)7-14-6-8-1-2-8/h3-5,8,14,16H,1-2,6-7H2,(H,15,17)(H,18,19). The number of carboxylic acid groups (broad SMARTS) is 1. The lowest BCUT2D eigenvalue weighted by Gasteiger charge is -2.08. The molecule has 6 heteroatoms. The Morgan fingerprint density at radius 3 is 2.68 bits per heavy atom. The van der Waals surface area contributed by atoms with E-state index in [0.717, 1.165) is 6.54 Å². The molecule has 0 aromatic heterocycles. The number of benzene rings is 1. The Morgan fingerprint density at radius 2 is 2.05 bits per heavy atom. The number of nitrogens with one attached hydrogen (secondary N) is 2. The predicted molar refractivity (Wildman–Crippen MR) is 69.3 cm³/mol. The van der Waals surface area contributed by atoms with Gasteiger partial charge in [-0.1, -0.05) is 0 Å². The molecule has 0 saturated heterocycles. The molecule has 1 amide bonds. The lowest BCUT2D eigenvalue weighted by atomic mass is 10.2. The van der Waals surface area contributed by atoms with Gasteiger partial charge in [0.15, 0.2) is 0 Å². The number of rotatable bonds is 6. The first-order chi connectivity index (χ1) is 9.06. The zero-order chi connectivity index (χ0) is 13.8. The Morgan fingerprint density at radius 1 is 1.32 bits per heavy atom. The van der Waals surface area contributed by atoms with Crippen LogP contribution in [-0.4, -0.2) is 35.2 Å². The number of aromatic carboxylic acids is 1. The number of phenolic OH excluding ortho intramolecular Hbond substituents is 1. The van der Waals surface area contributed by atoms with Gasteiger partial charge in [0, 0.05) is 0 Å². The molecule has 4 N–H and O–H groups in total. The first-order valence-corrected chi connectivity index (χ1v) is 6.13. The number of hydrogen-bond acceptors (Lipinski definition) is 4. The number of phenols is 1. The molecule has 1 aliphatic rings. The molecule has 2 rings (SSSR count). The average Bonchev–Trinajstić information content (AvgIpc) is 3.15. The lowest BCUT2D eigenvalue weighted by Crippen LogP contribution is -2.29. The van der Waals surface area contributed by atoms with Crippen LogP contribution in [0.5, 0.6) is 5.75 Å². The van der Waals surface area contributed by atoms with Gasteiger partial charge in [-0.15, -0.1) is 0 Å². The van der Waals surface area contributed by atoms with Crippen LogP contribution in [0.3, 0.4) is 0 Å². The SMILES string of the molecule is O=C(CNCC1CC1)Nc1cc(C(=O)O)ccc1O. The molecule has 1 fully saturated rings. The number of carbonyl (C=O) groups is 2. The van der Waals surface area contributed by atoms with Gasteiger partial charge < -0.3 is 20.8 Å². The number of hydrogen-bond donors (Lipinski definition) is 4. The fourth-order valence-corrected chi connectivity index (χ4v) is 1.68. The highest BCUT2D eigenvalue weighted by Gasteiger charge is 2.20. The van der Waals surface area contributed by atoms with Crippen molar-refractivity contribution in [2.75, 3.05) is 18.4 Å². The fraction of sp³-hybridized carbons (Fsp3) is 0.385. The minimum atomic E-state index is -1.11. The Kier molecular flexibility index (Phi) is 4.01. The number of carbonyl (C=O) groups excluding carboxylic acids is 1. The number of aromatic hydroxyl groups is 1. The molecule has 0 radical (unpaired) electrons. The van der Waals surface area contributed by atoms with Crippen molar-refractivity contribution in [3.63, 3.8) is 0 Å². The highest BCUT2D eigenvalue weighted by atomic mass is 16.4. The Bertz CT molecular complexity index is 497. The van der Waals surface area contributed by atoms with Crippen molar-refractivity contribution < 1.29 is 19.8 Å². The zero-order valence-electron chi connectivity index (χ0n) is 10.3. The van der Waals surface area contributed by atoms with E-state index in [2.05, 4.69) is 10.6 Å². The van der Waals surface area contributed by atoms with Gasteiger partial charge in [0.1, 0.15) is 5.75 Å². The van der Waals surface area contributed by atoms with Crippen LogP contribution < -0.4 is 10.6 Å². The Labute approximate surface area is 110 Å². The molecule has 0 bridgehead atoms. The van der Waals surface area contributed by atoms with Gasteiger partial charge in [0.05, 0.1) is 17.8 Å². The molecule has 0 aliphatic heterocycles. The van der Waals surface area contributed by atoms with Gasteiger partial charge in [0.25, 0.3) is 0 Å². The highest BCUT2D eigenvalue weighted by molar-refractivity contribution is 5.96. The van der Waals surface area contributed by atoms with Crippen molar-refractivity contribution in [1.29, 1.82) is 0 Å².